The van der Waals surface area contributed by atoms with Gasteiger partial charge in [-0.15, -0.1) is 0 Å². The monoisotopic (exact) mass is 395 g/mol. The second-order valence-electron chi connectivity index (χ2n) is 7.92. The van der Waals surface area contributed by atoms with E-state index in [4.69, 9.17) is 9.47 Å². The molecule has 1 aromatic heterocycles. The highest BCUT2D eigenvalue weighted by molar-refractivity contribution is 5.88. The van der Waals surface area contributed by atoms with Crippen LogP contribution in [0.15, 0.2) is 42.7 Å². The Labute approximate surface area is 172 Å². The first kappa shape index (κ1) is 19.8. The summed E-state index contributed by atoms with van der Waals surface area (Å²) in [6.07, 6.45) is 7.71. The molecule has 2 aliphatic rings. The summed E-state index contributed by atoms with van der Waals surface area (Å²) in [7, 11) is 0. The van der Waals surface area contributed by atoms with Crippen LogP contribution in [0.3, 0.4) is 0 Å². The van der Waals surface area contributed by atoms with E-state index in [0.29, 0.717) is 25.8 Å². The number of aryl methyl sites for hydroxylation is 1. The number of nitrogens with zero attached hydrogens (tertiary/aromatic N) is 3. The average molecular weight is 396 g/mol. The zero-order chi connectivity index (χ0) is 20.1. The van der Waals surface area contributed by atoms with Gasteiger partial charge < -0.3 is 14.4 Å². The number of rotatable bonds is 5. The largest absolute Gasteiger partial charge is 0.458 e. The summed E-state index contributed by atoms with van der Waals surface area (Å²) < 4.78 is 11.6. The fraction of sp³-hybridized carbons (Fsp3) is 0.522. The van der Waals surface area contributed by atoms with Crippen molar-refractivity contribution in [2.45, 2.75) is 50.5 Å². The maximum absolute atomic E-state index is 13.7. The first-order chi connectivity index (χ1) is 14.2. The molecule has 0 spiro atoms. The predicted molar refractivity (Wildman–Crippen MR) is 110 cm³/mol. The molecule has 2 fully saturated rings. The molecule has 1 aromatic carbocycles. The molecule has 0 N–H and O–H groups in total. The molecule has 0 saturated carbocycles. The molecule has 4 rings (SSSR count). The highest BCUT2D eigenvalue weighted by atomic mass is 16.5. The fourth-order valence-electron chi connectivity index (χ4n) is 4.36. The van der Waals surface area contributed by atoms with Gasteiger partial charge in [-0.05, 0) is 43.2 Å². The summed E-state index contributed by atoms with van der Waals surface area (Å²) in [5.41, 5.74) is 1.68. The summed E-state index contributed by atoms with van der Waals surface area (Å²) in [6.45, 7) is 4.65. The molecule has 3 heterocycles. The molecule has 2 aliphatic heterocycles. The first-order valence-corrected chi connectivity index (χ1v) is 10.6. The van der Waals surface area contributed by atoms with Crippen LogP contribution in [0.2, 0.25) is 0 Å². The van der Waals surface area contributed by atoms with Gasteiger partial charge in [0.25, 0.3) is 0 Å². The van der Waals surface area contributed by atoms with Crippen LogP contribution in [-0.4, -0.2) is 53.2 Å². The predicted octanol–water partition coefficient (Wildman–Crippen LogP) is 3.16. The zero-order valence-corrected chi connectivity index (χ0v) is 17.0. The molecule has 6 heteroatoms. The van der Waals surface area contributed by atoms with Crippen molar-refractivity contribution in [2.75, 3.05) is 26.3 Å². The van der Waals surface area contributed by atoms with Crippen molar-refractivity contribution < 1.29 is 14.3 Å². The molecular weight excluding hydrogens is 366 g/mol. The van der Waals surface area contributed by atoms with Crippen LogP contribution < -0.4 is 4.74 Å². The normalized spacial score (nSPS) is 21.6. The van der Waals surface area contributed by atoms with E-state index >= 15 is 0 Å². The number of amides is 1. The number of carbonyl (C=O) groups excluding carboxylic acids is 1. The van der Waals surface area contributed by atoms with E-state index < -0.39 is 5.41 Å². The van der Waals surface area contributed by atoms with E-state index in [-0.39, 0.29) is 12.0 Å². The number of hydrogen-bond acceptors (Lipinski definition) is 5. The fourth-order valence-corrected chi connectivity index (χ4v) is 4.36. The molecule has 0 radical (unpaired) electrons. The third-order valence-corrected chi connectivity index (χ3v) is 6.11. The molecule has 0 bridgehead atoms. The van der Waals surface area contributed by atoms with Crippen LogP contribution in [-0.2, 0) is 21.4 Å². The van der Waals surface area contributed by atoms with Gasteiger partial charge in [0.15, 0.2) is 0 Å². The molecule has 154 valence electrons. The third kappa shape index (κ3) is 4.27. The molecular formula is C23H29N3O3. The number of ether oxygens (including phenoxy) is 2. The number of benzene rings is 1. The molecule has 2 saturated heterocycles. The minimum atomic E-state index is -0.499. The lowest BCUT2D eigenvalue weighted by atomic mass is 9.72. The van der Waals surface area contributed by atoms with Crippen molar-refractivity contribution in [2.24, 2.45) is 0 Å². The Bertz CT molecular complexity index is 804. The molecule has 2 aromatic rings. The second kappa shape index (κ2) is 8.91. The Balaban J connectivity index is 1.49. The van der Waals surface area contributed by atoms with E-state index in [0.717, 1.165) is 49.8 Å². The first-order valence-electron chi connectivity index (χ1n) is 10.6. The Morgan fingerprint density at radius 3 is 2.62 bits per heavy atom. The van der Waals surface area contributed by atoms with Crippen LogP contribution in [0.5, 0.6) is 6.01 Å². The maximum atomic E-state index is 13.7. The summed E-state index contributed by atoms with van der Waals surface area (Å²) >= 11 is 0. The smallest absolute Gasteiger partial charge is 0.316 e. The second-order valence-corrected chi connectivity index (χ2v) is 7.92. The highest BCUT2D eigenvalue weighted by Gasteiger charge is 2.45. The van der Waals surface area contributed by atoms with Gasteiger partial charge in [-0.25, -0.2) is 9.97 Å². The summed E-state index contributed by atoms with van der Waals surface area (Å²) in [6, 6.07) is 10.6. The van der Waals surface area contributed by atoms with Gasteiger partial charge in [-0.2, -0.15) is 0 Å². The standard InChI is InChI=1S/C23H29N3O3/c1-2-18-15-24-22(25-16-18)29-20-9-6-12-26(17-20)21(27)23(10-13-28-14-11-23)19-7-4-3-5-8-19/h3-5,7-8,15-16,20H,2,6,9-14,17H2,1H3. The molecule has 6 nitrogen and oxygen atoms in total. The minimum Gasteiger partial charge on any atom is -0.458 e. The van der Waals surface area contributed by atoms with Crippen molar-refractivity contribution in [1.29, 1.82) is 0 Å². The van der Waals surface area contributed by atoms with E-state index in [1.165, 1.54) is 0 Å². The van der Waals surface area contributed by atoms with Crippen LogP contribution >= 0.6 is 0 Å². The molecule has 0 aliphatic carbocycles. The van der Waals surface area contributed by atoms with Gasteiger partial charge >= 0.3 is 6.01 Å². The topological polar surface area (TPSA) is 64.5 Å². The van der Waals surface area contributed by atoms with Crippen LogP contribution in [0.1, 0.15) is 43.7 Å². The summed E-state index contributed by atoms with van der Waals surface area (Å²) in [4.78, 5) is 24.3. The van der Waals surface area contributed by atoms with Gasteiger partial charge in [0, 0.05) is 32.2 Å². The number of hydrogen-bond donors (Lipinski definition) is 0. The quantitative estimate of drug-likeness (QED) is 0.778. The van der Waals surface area contributed by atoms with Gasteiger partial charge in [0.1, 0.15) is 6.10 Å². The van der Waals surface area contributed by atoms with Gasteiger partial charge in [0.05, 0.1) is 12.0 Å². The van der Waals surface area contributed by atoms with E-state index in [1.807, 2.05) is 23.1 Å². The van der Waals surface area contributed by atoms with Crippen LogP contribution in [0, 0.1) is 0 Å². The Morgan fingerprint density at radius 1 is 1.21 bits per heavy atom. The molecule has 29 heavy (non-hydrogen) atoms. The van der Waals surface area contributed by atoms with Gasteiger partial charge in [-0.3, -0.25) is 4.79 Å². The Hall–Kier alpha value is -2.47. The third-order valence-electron chi connectivity index (χ3n) is 6.11. The number of carbonyl (C=O) groups is 1. The molecule has 1 unspecified atom stereocenters. The van der Waals surface area contributed by atoms with Crippen molar-refractivity contribution in [1.82, 2.24) is 14.9 Å². The van der Waals surface area contributed by atoms with Crippen molar-refractivity contribution in [3.63, 3.8) is 0 Å². The SMILES string of the molecule is CCc1cnc(OC2CCCN(C(=O)C3(c4ccccc4)CCOCC3)C2)nc1. The Morgan fingerprint density at radius 2 is 1.93 bits per heavy atom. The summed E-state index contributed by atoms with van der Waals surface area (Å²) in [5, 5.41) is 0. The van der Waals surface area contributed by atoms with Crippen LogP contribution in [0.4, 0.5) is 0 Å². The van der Waals surface area contributed by atoms with Gasteiger partial charge in [-0.1, -0.05) is 37.3 Å². The van der Waals surface area contributed by atoms with E-state index in [9.17, 15) is 4.79 Å². The number of piperidine rings is 1. The zero-order valence-electron chi connectivity index (χ0n) is 17.0. The minimum absolute atomic E-state index is 0.0761. The lowest BCUT2D eigenvalue weighted by Crippen LogP contribution is -2.54. The average Bonchev–Trinajstić information content (AvgIpc) is 2.80. The molecule has 1 amide bonds. The molecule has 1 atom stereocenters. The number of aromatic nitrogens is 2. The van der Waals surface area contributed by atoms with Crippen molar-refractivity contribution in [3.05, 3.63) is 53.9 Å². The highest BCUT2D eigenvalue weighted by Crippen LogP contribution is 2.37. The van der Waals surface area contributed by atoms with E-state index in [2.05, 4.69) is 29.0 Å². The summed E-state index contributed by atoms with van der Waals surface area (Å²) in [5.74, 6) is 0.197. The van der Waals surface area contributed by atoms with Crippen molar-refractivity contribution >= 4 is 5.91 Å². The van der Waals surface area contributed by atoms with Crippen LogP contribution in [0.25, 0.3) is 0 Å². The Kier molecular flexibility index (Phi) is 6.09. The van der Waals surface area contributed by atoms with Crippen molar-refractivity contribution in [3.8, 4) is 6.01 Å². The lowest BCUT2D eigenvalue weighted by molar-refractivity contribution is -0.144. The maximum Gasteiger partial charge on any atom is 0.316 e. The number of likely N-dealkylation sites (tertiary alicyclic amines) is 1. The van der Waals surface area contributed by atoms with E-state index in [1.54, 1.807) is 12.4 Å². The van der Waals surface area contributed by atoms with Gasteiger partial charge in [0.2, 0.25) is 5.91 Å². The lowest BCUT2D eigenvalue weighted by Gasteiger charge is -2.42.